The van der Waals surface area contributed by atoms with Crippen molar-refractivity contribution in [2.75, 3.05) is 5.32 Å². The molecule has 0 aliphatic rings. The van der Waals surface area contributed by atoms with Crippen LogP contribution in [0.5, 0.6) is 0 Å². The molecule has 0 unspecified atom stereocenters. The highest BCUT2D eigenvalue weighted by atomic mass is 19.4. The molecule has 0 bridgehead atoms. The van der Waals surface area contributed by atoms with E-state index in [2.05, 4.69) is 15.3 Å². The molecule has 0 aromatic carbocycles. The Kier molecular flexibility index (Phi) is 3.45. The van der Waals surface area contributed by atoms with E-state index < -0.39 is 11.9 Å². The summed E-state index contributed by atoms with van der Waals surface area (Å²) in [4.78, 5) is 7.21. The van der Waals surface area contributed by atoms with Crippen LogP contribution in [-0.2, 0) is 12.7 Å². The lowest BCUT2D eigenvalue weighted by Crippen LogP contribution is -2.09. The second-order valence-electron chi connectivity index (χ2n) is 3.64. The van der Waals surface area contributed by atoms with Crippen LogP contribution in [0.25, 0.3) is 0 Å². The number of halogens is 3. The highest BCUT2D eigenvalue weighted by molar-refractivity contribution is 5.44. The predicted molar refractivity (Wildman–Crippen MR) is 60.8 cm³/mol. The second-order valence-corrected chi connectivity index (χ2v) is 3.64. The first-order chi connectivity index (χ1) is 8.55. The molecule has 0 spiro atoms. The second kappa shape index (κ2) is 5.03. The van der Waals surface area contributed by atoms with Gasteiger partial charge in [0.1, 0.15) is 5.69 Å². The molecule has 0 amide bonds. The van der Waals surface area contributed by atoms with E-state index in [0.717, 1.165) is 17.8 Å². The third-order valence-corrected chi connectivity index (χ3v) is 2.27. The molecule has 0 fully saturated rings. The summed E-state index contributed by atoms with van der Waals surface area (Å²) >= 11 is 0. The van der Waals surface area contributed by atoms with Gasteiger partial charge in [0.25, 0.3) is 0 Å². The third kappa shape index (κ3) is 3.19. The maximum Gasteiger partial charge on any atom is 0.433 e. The van der Waals surface area contributed by atoms with Crippen LogP contribution >= 0.6 is 0 Å². The molecule has 2 aromatic rings. The first-order valence-corrected chi connectivity index (χ1v) is 5.22. The highest BCUT2D eigenvalue weighted by Gasteiger charge is 2.32. The molecule has 0 aliphatic heterocycles. The van der Waals surface area contributed by atoms with Gasteiger partial charge in [-0.2, -0.15) is 13.2 Å². The molecular formula is C12H10F3N3. The fourth-order valence-corrected chi connectivity index (χ4v) is 1.40. The summed E-state index contributed by atoms with van der Waals surface area (Å²) in [6.45, 7) is 0.412. The van der Waals surface area contributed by atoms with Gasteiger partial charge < -0.3 is 5.32 Å². The van der Waals surface area contributed by atoms with Gasteiger partial charge in [-0.1, -0.05) is 6.07 Å². The maximum absolute atomic E-state index is 12.4. The van der Waals surface area contributed by atoms with Crippen LogP contribution in [0.1, 0.15) is 11.3 Å². The van der Waals surface area contributed by atoms with Crippen molar-refractivity contribution in [2.24, 2.45) is 0 Å². The summed E-state index contributed by atoms with van der Waals surface area (Å²) in [7, 11) is 0. The Balaban J connectivity index is 2.06. The normalized spacial score (nSPS) is 11.3. The average molecular weight is 253 g/mol. The molecule has 0 radical (unpaired) electrons. The van der Waals surface area contributed by atoms with Gasteiger partial charge in [0.2, 0.25) is 0 Å². The molecule has 94 valence electrons. The number of nitrogens with zero attached hydrogens (tertiary/aromatic N) is 2. The van der Waals surface area contributed by atoms with Gasteiger partial charge in [0.15, 0.2) is 0 Å². The number of nitrogens with one attached hydrogen (secondary N) is 1. The summed E-state index contributed by atoms with van der Waals surface area (Å²) in [6.07, 6.45) is -0.00303. The van der Waals surface area contributed by atoms with E-state index in [1.54, 1.807) is 18.5 Å². The Morgan fingerprint density at radius 2 is 2.00 bits per heavy atom. The number of hydrogen-bond acceptors (Lipinski definition) is 3. The molecule has 0 saturated heterocycles. The maximum atomic E-state index is 12.4. The highest BCUT2D eigenvalue weighted by Crippen LogP contribution is 2.28. The fraction of sp³-hybridized carbons (Fsp3) is 0.167. The minimum Gasteiger partial charge on any atom is -0.381 e. The largest absolute Gasteiger partial charge is 0.433 e. The van der Waals surface area contributed by atoms with Crippen LogP contribution in [0.2, 0.25) is 0 Å². The van der Waals surface area contributed by atoms with E-state index >= 15 is 0 Å². The summed E-state index contributed by atoms with van der Waals surface area (Å²) in [5, 5.41) is 2.89. The van der Waals surface area contributed by atoms with Crippen LogP contribution < -0.4 is 5.32 Å². The molecule has 2 rings (SSSR count). The number of aromatic nitrogens is 2. The van der Waals surface area contributed by atoms with E-state index in [4.69, 9.17) is 0 Å². The number of alkyl halides is 3. The van der Waals surface area contributed by atoms with Crippen LogP contribution in [0.3, 0.4) is 0 Å². The number of rotatable bonds is 3. The monoisotopic (exact) mass is 253 g/mol. The molecule has 2 aromatic heterocycles. The summed E-state index contributed by atoms with van der Waals surface area (Å²) < 4.78 is 37.3. The quantitative estimate of drug-likeness (QED) is 0.913. The molecule has 0 atom stereocenters. The molecule has 0 aliphatic carbocycles. The Morgan fingerprint density at radius 3 is 2.67 bits per heavy atom. The third-order valence-electron chi connectivity index (χ3n) is 2.27. The van der Waals surface area contributed by atoms with Crippen molar-refractivity contribution in [1.82, 2.24) is 9.97 Å². The van der Waals surface area contributed by atoms with Crippen molar-refractivity contribution < 1.29 is 13.2 Å². The van der Waals surface area contributed by atoms with Crippen LogP contribution in [-0.4, -0.2) is 9.97 Å². The van der Waals surface area contributed by atoms with E-state index in [0.29, 0.717) is 12.2 Å². The van der Waals surface area contributed by atoms with E-state index in [1.165, 1.54) is 6.07 Å². The van der Waals surface area contributed by atoms with Gasteiger partial charge in [-0.05, 0) is 23.8 Å². The van der Waals surface area contributed by atoms with E-state index in [9.17, 15) is 13.2 Å². The molecular weight excluding hydrogens is 243 g/mol. The average Bonchev–Trinajstić information content (AvgIpc) is 2.37. The fourth-order valence-electron chi connectivity index (χ4n) is 1.40. The molecule has 1 N–H and O–H groups in total. The van der Waals surface area contributed by atoms with Gasteiger partial charge in [-0.15, -0.1) is 0 Å². The molecule has 18 heavy (non-hydrogen) atoms. The topological polar surface area (TPSA) is 37.8 Å². The van der Waals surface area contributed by atoms with E-state index in [1.807, 2.05) is 6.07 Å². The molecule has 6 heteroatoms. The zero-order chi connectivity index (χ0) is 13.0. The van der Waals surface area contributed by atoms with Gasteiger partial charge in [-0.3, -0.25) is 9.97 Å². The number of pyridine rings is 2. The Hall–Kier alpha value is -2.11. The molecule has 3 nitrogen and oxygen atoms in total. The van der Waals surface area contributed by atoms with Crippen LogP contribution in [0.4, 0.5) is 18.9 Å². The van der Waals surface area contributed by atoms with Crippen LogP contribution in [0, 0.1) is 0 Å². The van der Waals surface area contributed by atoms with Gasteiger partial charge in [0, 0.05) is 30.8 Å². The van der Waals surface area contributed by atoms with Crippen molar-refractivity contribution in [1.29, 1.82) is 0 Å². The number of hydrogen-bond donors (Lipinski definition) is 1. The Labute approximate surface area is 102 Å². The first-order valence-electron chi connectivity index (χ1n) is 5.22. The van der Waals surface area contributed by atoms with Gasteiger partial charge >= 0.3 is 6.18 Å². The summed E-state index contributed by atoms with van der Waals surface area (Å²) in [5.74, 6) is 0. The molecule has 0 saturated carbocycles. The SMILES string of the molecule is FC(F)(F)c1cc(NCc2cccnc2)ccn1. The van der Waals surface area contributed by atoms with Crippen molar-refractivity contribution in [3.8, 4) is 0 Å². The minimum atomic E-state index is -4.42. The van der Waals surface area contributed by atoms with Crippen molar-refractivity contribution >= 4 is 5.69 Å². The van der Waals surface area contributed by atoms with Crippen molar-refractivity contribution in [2.45, 2.75) is 12.7 Å². The molecule has 2 heterocycles. The first kappa shape index (κ1) is 12.3. The zero-order valence-electron chi connectivity index (χ0n) is 9.28. The van der Waals surface area contributed by atoms with Crippen LogP contribution in [0.15, 0.2) is 42.9 Å². The van der Waals surface area contributed by atoms with Gasteiger partial charge in [0.05, 0.1) is 0 Å². The smallest absolute Gasteiger partial charge is 0.381 e. The Bertz CT molecular complexity index is 511. The Morgan fingerprint density at radius 1 is 1.17 bits per heavy atom. The lowest BCUT2D eigenvalue weighted by molar-refractivity contribution is -0.141. The number of anilines is 1. The van der Waals surface area contributed by atoms with Crippen molar-refractivity contribution in [3.63, 3.8) is 0 Å². The summed E-state index contributed by atoms with van der Waals surface area (Å²) in [6, 6.07) is 6.08. The minimum absolute atomic E-state index is 0.376. The van der Waals surface area contributed by atoms with Crippen molar-refractivity contribution in [3.05, 3.63) is 54.1 Å². The van der Waals surface area contributed by atoms with Gasteiger partial charge in [-0.25, -0.2) is 0 Å². The summed E-state index contributed by atoms with van der Waals surface area (Å²) in [5.41, 5.74) is 0.364. The standard InChI is InChI=1S/C12H10F3N3/c13-12(14,15)11-6-10(3-5-17-11)18-8-9-2-1-4-16-7-9/h1-7H,8H2,(H,17,18). The lowest BCUT2D eigenvalue weighted by Gasteiger charge is -2.09. The zero-order valence-corrected chi connectivity index (χ0v) is 9.28. The van der Waals surface area contributed by atoms with E-state index in [-0.39, 0.29) is 0 Å². The lowest BCUT2D eigenvalue weighted by atomic mass is 10.2. The predicted octanol–water partition coefficient (Wildman–Crippen LogP) is 3.11.